The van der Waals surface area contributed by atoms with Crippen molar-refractivity contribution in [1.29, 1.82) is 0 Å². The molecule has 1 aromatic carbocycles. The van der Waals surface area contributed by atoms with Crippen molar-refractivity contribution in [3.8, 4) is 0 Å². The smallest absolute Gasteiger partial charge is 0.385 e. The highest BCUT2D eigenvalue weighted by Crippen LogP contribution is 2.25. The van der Waals surface area contributed by atoms with E-state index in [-0.39, 0.29) is 18.7 Å². The summed E-state index contributed by atoms with van der Waals surface area (Å²) >= 11 is 1.81. The minimum Gasteiger partial charge on any atom is -0.385 e. The van der Waals surface area contributed by atoms with E-state index in [2.05, 4.69) is 5.32 Å². The van der Waals surface area contributed by atoms with Gasteiger partial charge in [0.2, 0.25) is 0 Å². The number of hydrogen-bond donors (Lipinski definition) is 1. The average molecular weight is 374 g/mol. The Morgan fingerprint density at radius 3 is 2.56 bits per heavy atom. The number of nitrogens with zero attached hydrogens (tertiary/aromatic N) is 1. The molecular formula is C10H10F3IN2O2. The highest BCUT2D eigenvalue weighted by molar-refractivity contribution is 14.1. The van der Waals surface area contributed by atoms with E-state index in [1.54, 1.807) is 0 Å². The van der Waals surface area contributed by atoms with Crippen LogP contribution in [-0.2, 0) is 0 Å². The minimum atomic E-state index is -4.15. The van der Waals surface area contributed by atoms with Gasteiger partial charge in [-0.3, -0.25) is 10.1 Å². The lowest BCUT2D eigenvalue weighted by atomic mass is 10.2. The minimum absolute atomic E-state index is 0.0172. The number of alkyl halides is 3. The van der Waals surface area contributed by atoms with Gasteiger partial charge < -0.3 is 5.32 Å². The zero-order chi connectivity index (χ0) is 13.8. The summed E-state index contributed by atoms with van der Waals surface area (Å²) in [6.45, 7) is 0.174. The molecule has 1 aromatic rings. The molecule has 0 unspecified atom stereocenters. The van der Waals surface area contributed by atoms with E-state index >= 15 is 0 Å². The Kier molecular flexibility index (Phi) is 5.17. The summed E-state index contributed by atoms with van der Waals surface area (Å²) in [6, 6.07) is 4.34. The van der Waals surface area contributed by atoms with Crippen molar-refractivity contribution < 1.29 is 18.1 Å². The van der Waals surface area contributed by atoms with Crippen LogP contribution in [0.25, 0.3) is 0 Å². The van der Waals surface area contributed by atoms with Gasteiger partial charge in [0.15, 0.2) is 0 Å². The maximum Gasteiger partial charge on any atom is 0.389 e. The lowest BCUT2D eigenvalue weighted by Gasteiger charge is -2.08. The fourth-order valence-electron chi connectivity index (χ4n) is 1.29. The number of nitro groups is 1. The molecule has 0 radical (unpaired) electrons. The van der Waals surface area contributed by atoms with Crippen LogP contribution >= 0.6 is 22.6 Å². The van der Waals surface area contributed by atoms with Gasteiger partial charge in [0.05, 0.1) is 8.49 Å². The van der Waals surface area contributed by atoms with Gasteiger partial charge >= 0.3 is 6.18 Å². The number of halogens is 4. The molecule has 0 bridgehead atoms. The van der Waals surface area contributed by atoms with Crippen molar-refractivity contribution >= 4 is 34.0 Å². The molecule has 0 amide bonds. The van der Waals surface area contributed by atoms with Gasteiger partial charge in [0.1, 0.15) is 0 Å². The number of hydrogen-bond acceptors (Lipinski definition) is 3. The van der Waals surface area contributed by atoms with Gasteiger partial charge in [0.25, 0.3) is 5.69 Å². The van der Waals surface area contributed by atoms with Crippen LogP contribution in [0.3, 0.4) is 0 Å². The summed E-state index contributed by atoms with van der Waals surface area (Å²) in [5, 5.41) is 13.4. The van der Waals surface area contributed by atoms with Crippen molar-refractivity contribution in [1.82, 2.24) is 0 Å². The topological polar surface area (TPSA) is 55.2 Å². The number of benzene rings is 1. The predicted molar refractivity (Wildman–Crippen MR) is 69.6 cm³/mol. The molecule has 0 atom stereocenters. The summed E-state index contributed by atoms with van der Waals surface area (Å²) < 4.78 is 36.1. The van der Waals surface area contributed by atoms with Crippen LogP contribution in [-0.4, -0.2) is 17.6 Å². The highest BCUT2D eigenvalue weighted by Gasteiger charge is 2.25. The second kappa shape index (κ2) is 6.21. The number of nitro benzene ring substituents is 1. The van der Waals surface area contributed by atoms with Crippen molar-refractivity contribution in [2.24, 2.45) is 0 Å². The van der Waals surface area contributed by atoms with Crippen LogP contribution in [0.5, 0.6) is 0 Å². The molecule has 0 saturated heterocycles. The Labute approximate surface area is 115 Å². The summed E-state index contributed by atoms with van der Waals surface area (Å²) in [7, 11) is 0. The Balaban J connectivity index is 2.49. The van der Waals surface area contributed by atoms with Crippen LogP contribution in [0.1, 0.15) is 12.8 Å². The molecule has 18 heavy (non-hydrogen) atoms. The molecular weight excluding hydrogens is 364 g/mol. The quantitative estimate of drug-likeness (QED) is 0.368. The second-order valence-electron chi connectivity index (χ2n) is 3.57. The first kappa shape index (κ1) is 15.0. The normalized spacial score (nSPS) is 11.3. The van der Waals surface area contributed by atoms with E-state index in [1.165, 1.54) is 18.2 Å². The fourth-order valence-corrected chi connectivity index (χ4v) is 2.00. The van der Waals surface area contributed by atoms with Crippen molar-refractivity contribution in [2.45, 2.75) is 19.0 Å². The first-order valence-electron chi connectivity index (χ1n) is 5.04. The van der Waals surface area contributed by atoms with Gasteiger partial charge in [-0.2, -0.15) is 13.2 Å². The summed E-state index contributed by atoms with van der Waals surface area (Å²) in [5.41, 5.74) is 0.559. The van der Waals surface area contributed by atoms with E-state index in [9.17, 15) is 23.3 Å². The molecule has 0 aliphatic heterocycles. The summed E-state index contributed by atoms with van der Waals surface area (Å²) in [5.74, 6) is 0. The standard InChI is InChI=1S/C10H10F3IN2O2/c11-10(12,13)4-1-5-15-7-2-3-9(16(17)18)8(14)6-7/h2-3,6,15H,1,4-5H2. The first-order valence-corrected chi connectivity index (χ1v) is 6.12. The zero-order valence-corrected chi connectivity index (χ0v) is 11.3. The van der Waals surface area contributed by atoms with Crippen LogP contribution in [0.2, 0.25) is 0 Å². The van der Waals surface area contributed by atoms with Gasteiger partial charge in [-0.25, -0.2) is 0 Å². The lowest BCUT2D eigenvalue weighted by molar-refractivity contribution is -0.385. The molecule has 1 N–H and O–H groups in total. The second-order valence-corrected chi connectivity index (χ2v) is 4.73. The van der Waals surface area contributed by atoms with Gasteiger partial charge in [-0.1, -0.05) is 0 Å². The molecule has 4 nitrogen and oxygen atoms in total. The van der Waals surface area contributed by atoms with Crippen molar-refractivity contribution in [3.63, 3.8) is 0 Å². The third-order valence-electron chi connectivity index (χ3n) is 2.11. The SMILES string of the molecule is O=[N+]([O-])c1ccc(NCCCC(F)(F)F)cc1I. The average Bonchev–Trinajstić information content (AvgIpc) is 2.22. The Morgan fingerprint density at radius 2 is 2.06 bits per heavy atom. The number of anilines is 1. The monoisotopic (exact) mass is 374 g/mol. The van der Waals surface area contributed by atoms with Crippen LogP contribution < -0.4 is 5.32 Å². The van der Waals surface area contributed by atoms with E-state index in [0.29, 0.717) is 9.26 Å². The van der Waals surface area contributed by atoms with Crippen LogP contribution in [0, 0.1) is 13.7 Å². The molecule has 0 saturated carbocycles. The van der Waals surface area contributed by atoms with Gasteiger partial charge in [-0.15, -0.1) is 0 Å². The maximum atomic E-state index is 11.9. The third kappa shape index (κ3) is 5.07. The van der Waals surface area contributed by atoms with Crippen LogP contribution in [0.15, 0.2) is 18.2 Å². The van der Waals surface area contributed by atoms with Crippen molar-refractivity contribution in [3.05, 3.63) is 31.9 Å². The van der Waals surface area contributed by atoms with Gasteiger partial charge in [0, 0.05) is 24.7 Å². The number of nitrogens with one attached hydrogen (secondary N) is 1. The Bertz CT molecular complexity index is 438. The lowest BCUT2D eigenvalue weighted by Crippen LogP contribution is -2.11. The molecule has 0 aromatic heterocycles. The van der Waals surface area contributed by atoms with E-state index in [1.807, 2.05) is 22.6 Å². The maximum absolute atomic E-state index is 11.9. The largest absolute Gasteiger partial charge is 0.389 e. The van der Waals surface area contributed by atoms with Gasteiger partial charge in [-0.05, 0) is 41.1 Å². The summed E-state index contributed by atoms with van der Waals surface area (Å²) in [6.07, 6.45) is -5.02. The van der Waals surface area contributed by atoms with E-state index in [4.69, 9.17) is 0 Å². The Morgan fingerprint density at radius 1 is 1.39 bits per heavy atom. The molecule has 1 rings (SSSR count). The highest BCUT2D eigenvalue weighted by atomic mass is 127. The predicted octanol–water partition coefficient (Wildman–Crippen LogP) is 3.95. The molecule has 0 spiro atoms. The first-order chi connectivity index (χ1) is 8.29. The third-order valence-corrected chi connectivity index (χ3v) is 2.97. The molecule has 0 aliphatic rings. The molecule has 8 heteroatoms. The fraction of sp³-hybridized carbons (Fsp3) is 0.400. The molecule has 0 heterocycles. The van der Waals surface area contributed by atoms with Crippen molar-refractivity contribution in [2.75, 3.05) is 11.9 Å². The number of rotatable bonds is 5. The van der Waals surface area contributed by atoms with E-state index in [0.717, 1.165) is 0 Å². The zero-order valence-electron chi connectivity index (χ0n) is 9.13. The molecule has 0 aliphatic carbocycles. The van der Waals surface area contributed by atoms with E-state index < -0.39 is 17.5 Å². The Hall–Kier alpha value is -1.06. The summed E-state index contributed by atoms with van der Waals surface area (Å²) in [4.78, 5) is 10.1. The molecule has 100 valence electrons. The van der Waals surface area contributed by atoms with Crippen LogP contribution in [0.4, 0.5) is 24.5 Å². The molecule has 0 fully saturated rings.